The molecule has 1 aromatic heterocycles. The van der Waals surface area contributed by atoms with Crippen LogP contribution in [0.3, 0.4) is 0 Å². The molecule has 0 aliphatic carbocycles. The molecule has 0 amide bonds. The number of H-pyrrole nitrogens is 1. The maximum absolute atomic E-state index is 13.3. The second kappa shape index (κ2) is 6.29. The molecule has 2 aromatic carbocycles. The number of sulfonamides is 1. The first-order valence-electron chi connectivity index (χ1n) is 7.89. The van der Waals surface area contributed by atoms with Gasteiger partial charge in [-0.25, -0.2) is 8.42 Å². The van der Waals surface area contributed by atoms with Gasteiger partial charge < -0.3 is 0 Å². The third-order valence-electron chi connectivity index (χ3n) is 4.47. The minimum Gasteiger partial charge on any atom is -0.285 e. The van der Waals surface area contributed by atoms with Crippen LogP contribution in [0.1, 0.15) is 22.9 Å². The molecule has 7 heteroatoms. The predicted molar refractivity (Wildman–Crippen MR) is 95.7 cm³/mol. The standard InChI is InChI=1S/C18H16ClN3O2S/c19-15-6-8-16(9-7-15)25(23,24)22-12-14-11-20-21-17(14)10-18(22)13-4-2-1-3-5-13/h1-9,11,18H,10,12H2,(H,20,21). The van der Waals surface area contributed by atoms with Gasteiger partial charge in [0.05, 0.1) is 16.6 Å². The summed E-state index contributed by atoms with van der Waals surface area (Å²) in [7, 11) is -3.66. The molecule has 0 spiro atoms. The first-order valence-corrected chi connectivity index (χ1v) is 9.71. The number of hydrogen-bond donors (Lipinski definition) is 1. The van der Waals surface area contributed by atoms with Crippen molar-refractivity contribution in [3.8, 4) is 0 Å². The molecule has 0 bridgehead atoms. The largest absolute Gasteiger partial charge is 0.285 e. The molecule has 5 nitrogen and oxygen atoms in total. The van der Waals surface area contributed by atoms with Crippen LogP contribution in [0.4, 0.5) is 0 Å². The lowest BCUT2D eigenvalue weighted by atomic mass is 9.97. The van der Waals surface area contributed by atoms with Gasteiger partial charge in [-0.3, -0.25) is 5.10 Å². The molecule has 0 radical (unpaired) electrons. The second-order valence-electron chi connectivity index (χ2n) is 5.99. The van der Waals surface area contributed by atoms with Crippen molar-refractivity contribution in [2.24, 2.45) is 0 Å². The van der Waals surface area contributed by atoms with E-state index >= 15 is 0 Å². The summed E-state index contributed by atoms with van der Waals surface area (Å²) < 4.78 is 28.1. The zero-order chi connectivity index (χ0) is 17.4. The molecule has 3 aromatic rings. The van der Waals surface area contributed by atoms with E-state index in [1.165, 1.54) is 0 Å². The van der Waals surface area contributed by atoms with E-state index < -0.39 is 10.0 Å². The summed E-state index contributed by atoms with van der Waals surface area (Å²) in [5, 5.41) is 7.62. The van der Waals surface area contributed by atoms with E-state index in [9.17, 15) is 8.42 Å². The molecule has 1 N–H and O–H groups in total. The van der Waals surface area contributed by atoms with Crippen LogP contribution in [-0.4, -0.2) is 22.9 Å². The van der Waals surface area contributed by atoms with E-state index in [1.54, 1.807) is 34.8 Å². The molecule has 0 fully saturated rings. The van der Waals surface area contributed by atoms with Crippen LogP contribution in [0.15, 0.2) is 65.7 Å². The number of hydrogen-bond acceptors (Lipinski definition) is 3. The van der Waals surface area contributed by atoms with Crippen molar-refractivity contribution >= 4 is 21.6 Å². The summed E-state index contributed by atoms with van der Waals surface area (Å²) in [5.41, 5.74) is 2.77. The number of rotatable bonds is 3. The monoisotopic (exact) mass is 373 g/mol. The Labute approximate surface area is 151 Å². The fourth-order valence-electron chi connectivity index (χ4n) is 3.17. The summed E-state index contributed by atoms with van der Waals surface area (Å²) in [6.07, 6.45) is 2.30. The van der Waals surface area contributed by atoms with E-state index in [-0.39, 0.29) is 17.5 Å². The fourth-order valence-corrected chi connectivity index (χ4v) is 4.89. The maximum Gasteiger partial charge on any atom is 0.243 e. The molecule has 128 valence electrons. The Balaban J connectivity index is 1.80. The van der Waals surface area contributed by atoms with E-state index in [0.29, 0.717) is 11.4 Å². The van der Waals surface area contributed by atoms with Crippen molar-refractivity contribution in [1.29, 1.82) is 0 Å². The first kappa shape index (κ1) is 16.3. The summed E-state index contributed by atoms with van der Waals surface area (Å²) in [4.78, 5) is 0.241. The highest BCUT2D eigenvalue weighted by Gasteiger charge is 2.37. The average molecular weight is 374 g/mol. The number of benzene rings is 2. The zero-order valence-corrected chi connectivity index (χ0v) is 14.8. The number of fused-ring (bicyclic) bond motifs is 1. The van der Waals surface area contributed by atoms with Crippen LogP contribution in [0, 0.1) is 0 Å². The third kappa shape index (κ3) is 2.97. The Hall–Kier alpha value is -2.15. The van der Waals surface area contributed by atoms with Crippen molar-refractivity contribution in [3.63, 3.8) is 0 Å². The normalized spacial score (nSPS) is 18.0. The highest BCUT2D eigenvalue weighted by Crippen LogP contribution is 2.36. The van der Waals surface area contributed by atoms with Gasteiger partial charge in [-0.05, 0) is 29.8 Å². The molecule has 2 heterocycles. The number of nitrogens with one attached hydrogen (secondary N) is 1. The summed E-state index contributed by atoms with van der Waals surface area (Å²) >= 11 is 5.90. The Morgan fingerprint density at radius 3 is 2.52 bits per heavy atom. The van der Waals surface area contributed by atoms with Gasteiger partial charge in [-0.1, -0.05) is 41.9 Å². The van der Waals surface area contributed by atoms with Crippen molar-refractivity contribution in [2.45, 2.75) is 23.9 Å². The number of aromatic nitrogens is 2. The fraction of sp³-hybridized carbons (Fsp3) is 0.167. The van der Waals surface area contributed by atoms with Gasteiger partial charge in [-0.15, -0.1) is 0 Å². The van der Waals surface area contributed by atoms with Crippen molar-refractivity contribution in [3.05, 3.63) is 82.6 Å². The molecular formula is C18H16ClN3O2S. The van der Waals surface area contributed by atoms with Crippen LogP contribution in [0.25, 0.3) is 0 Å². The van der Waals surface area contributed by atoms with Crippen LogP contribution >= 0.6 is 11.6 Å². The predicted octanol–water partition coefficient (Wildman–Crippen LogP) is 3.55. The molecule has 1 unspecified atom stereocenters. The van der Waals surface area contributed by atoms with Gasteiger partial charge in [0, 0.05) is 29.7 Å². The quantitative estimate of drug-likeness (QED) is 0.763. The zero-order valence-electron chi connectivity index (χ0n) is 13.3. The third-order valence-corrected chi connectivity index (χ3v) is 6.59. The van der Waals surface area contributed by atoms with E-state index in [2.05, 4.69) is 10.2 Å². The minimum atomic E-state index is -3.66. The number of halogens is 1. The summed E-state index contributed by atoms with van der Waals surface area (Å²) in [6, 6.07) is 15.7. The van der Waals surface area contributed by atoms with E-state index in [4.69, 9.17) is 11.6 Å². The summed E-state index contributed by atoms with van der Waals surface area (Å²) in [5.74, 6) is 0. The van der Waals surface area contributed by atoms with Gasteiger partial charge in [0.15, 0.2) is 0 Å². The van der Waals surface area contributed by atoms with Crippen molar-refractivity contribution in [2.75, 3.05) is 0 Å². The lowest BCUT2D eigenvalue weighted by Gasteiger charge is -2.34. The molecule has 1 aliphatic rings. The van der Waals surface area contributed by atoms with Gasteiger partial charge in [0.25, 0.3) is 0 Å². The van der Waals surface area contributed by atoms with E-state index in [0.717, 1.165) is 16.8 Å². The molecule has 1 aliphatic heterocycles. The lowest BCUT2D eigenvalue weighted by molar-refractivity contribution is 0.294. The van der Waals surface area contributed by atoms with Crippen molar-refractivity contribution in [1.82, 2.24) is 14.5 Å². The van der Waals surface area contributed by atoms with Gasteiger partial charge in [0.1, 0.15) is 0 Å². The topological polar surface area (TPSA) is 66.1 Å². The highest BCUT2D eigenvalue weighted by atomic mass is 35.5. The molecule has 0 saturated heterocycles. The Morgan fingerprint density at radius 1 is 1.08 bits per heavy atom. The Bertz CT molecular complexity index is 985. The van der Waals surface area contributed by atoms with Crippen LogP contribution in [0.5, 0.6) is 0 Å². The maximum atomic E-state index is 13.3. The Morgan fingerprint density at radius 2 is 1.80 bits per heavy atom. The summed E-state index contributed by atoms with van der Waals surface area (Å²) in [6.45, 7) is 0.288. The average Bonchev–Trinajstić information content (AvgIpc) is 3.09. The highest BCUT2D eigenvalue weighted by molar-refractivity contribution is 7.89. The minimum absolute atomic E-state index is 0.241. The van der Waals surface area contributed by atoms with Gasteiger partial charge >= 0.3 is 0 Å². The molecule has 1 atom stereocenters. The SMILES string of the molecule is O=S(=O)(c1ccc(Cl)cc1)N1Cc2c[nH]nc2CC1c1ccccc1. The number of aromatic amines is 1. The molecular weight excluding hydrogens is 358 g/mol. The molecule has 4 rings (SSSR count). The first-order chi connectivity index (χ1) is 12.1. The van der Waals surface area contributed by atoms with Crippen LogP contribution in [0.2, 0.25) is 5.02 Å². The molecule has 0 saturated carbocycles. The Kier molecular flexibility index (Phi) is 4.11. The smallest absolute Gasteiger partial charge is 0.243 e. The van der Waals surface area contributed by atoms with E-state index in [1.807, 2.05) is 30.3 Å². The van der Waals surface area contributed by atoms with Gasteiger partial charge in [-0.2, -0.15) is 9.40 Å². The lowest BCUT2D eigenvalue weighted by Crippen LogP contribution is -2.38. The van der Waals surface area contributed by atoms with Crippen molar-refractivity contribution < 1.29 is 8.42 Å². The molecule has 25 heavy (non-hydrogen) atoms. The van der Waals surface area contributed by atoms with Gasteiger partial charge in [0.2, 0.25) is 10.0 Å². The van der Waals surface area contributed by atoms with Crippen LogP contribution < -0.4 is 0 Å². The second-order valence-corrected chi connectivity index (χ2v) is 8.32. The van der Waals surface area contributed by atoms with Crippen LogP contribution in [-0.2, 0) is 23.0 Å². The number of nitrogens with zero attached hydrogens (tertiary/aromatic N) is 2.